The van der Waals surface area contributed by atoms with Crippen molar-refractivity contribution in [2.45, 2.75) is 31.7 Å². The van der Waals surface area contributed by atoms with E-state index < -0.39 is 5.97 Å². The van der Waals surface area contributed by atoms with Crippen LogP contribution >= 0.6 is 34.7 Å². The van der Waals surface area contributed by atoms with Crippen LogP contribution in [0.25, 0.3) is 0 Å². The Morgan fingerprint density at radius 3 is 2.82 bits per heavy atom. The molecule has 0 spiro atoms. The van der Waals surface area contributed by atoms with Crippen molar-refractivity contribution < 1.29 is 19.1 Å². The second kappa shape index (κ2) is 11.9. The standard InChI is InChI=1S/C22H23ClN4O4S2/c1-4-10-27-18(12-31-17-9-7-6-8-16(17)23)25-26-22(27)32-13-19(28)24-20-15(21(29)30-3)11-14(5-2)33-20/h4,6-9,11H,1,5,10,12-13H2,2-3H3,(H,24,28). The predicted octanol–water partition coefficient (Wildman–Crippen LogP) is 4.84. The van der Waals surface area contributed by atoms with Gasteiger partial charge >= 0.3 is 5.97 Å². The number of allylic oxidation sites excluding steroid dienone is 1. The Kier molecular flexibility index (Phi) is 8.93. The second-order valence-corrected chi connectivity index (χ2v) is 9.14. The maximum atomic E-state index is 12.6. The molecule has 2 heterocycles. The van der Waals surface area contributed by atoms with Gasteiger partial charge in [0.15, 0.2) is 11.0 Å². The summed E-state index contributed by atoms with van der Waals surface area (Å²) in [5.41, 5.74) is 0.353. The number of benzene rings is 1. The maximum Gasteiger partial charge on any atom is 0.340 e. The van der Waals surface area contributed by atoms with Crippen LogP contribution in [0.2, 0.25) is 5.02 Å². The van der Waals surface area contributed by atoms with E-state index in [4.69, 9.17) is 21.1 Å². The summed E-state index contributed by atoms with van der Waals surface area (Å²) in [6.45, 7) is 6.37. The highest BCUT2D eigenvalue weighted by Gasteiger charge is 2.19. The molecule has 0 aliphatic heterocycles. The topological polar surface area (TPSA) is 95.3 Å². The highest BCUT2D eigenvalue weighted by molar-refractivity contribution is 7.99. The Hall–Kier alpha value is -2.82. The molecule has 2 aromatic heterocycles. The van der Waals surface area contributed by atoms with Crippen molar-refractivity contribution in [3.63, 3.8) is 0 Å². The summed E-state index contributed by atoms with van der Waals surface area (Å²) < 4.78 is 12.4. The summed E-state index contributed by atoms with van der Waals surface area (Å²) in [6.07, 6.45) is 2.47. The van der Waals surface area contributed by atoms with Crippen molar-refractivity contribution >= 4 is 51.6 Å². The number of nitrogens with zero attached hydrogens (tertiary/aromatic N) is 3. The number of thioether (sulfide) groups is 1. The average Bonchev–Trinajstić information content (AvgIpc) is 3.40. The van der Waals surface area contributed by atoms with Crippen LogP contribution < -0.4 is 10.1 Å². The van der Waals surface area contributed by atoms with Gasteiger partial charge in [-0.25, -0.2) is 4.79 Å². The largest absolute Gasteiger partial charge is 0.484 e. The third-order valence-electron chi connectivity index (χ3n) is 4.42. The number of hydrogen-bond acceptors (Lipinski definition) is 8. The number of carbonyl (C=O) groups is 2. The van der Waals surface area contributed by atoms with E-state index >= 15 is 0 Å². The first-order chi connectivity index (χ1) is 16.0. The maximum absolute atomic E-state index is 12.6. The SMILES string of the molecule is C=CCn1c(COc2ccccc2Cl)nnc1SCC(=O)Nc1sc(CC)cc1C(=O)OC. The second-order valence-electron chi connectivity index (χ2n) is 6.65. The van der Waals surface area contributed by atoms with Crippen LogP contribution in [0.5, 0.6) is 5.75 Å². The first kappa shape index (κ1) is 24.8. The lowest BCUT2D eigenvalue weighted by molar-refractivity contribution is -0.113. The van der Waals surface area contributed by atoms with Crippen molar-refractivity contribution in [2.24, 2.45) is 0 Å². The van der Waals surface area contributed by atoms with E-state index in [9.17, 15) is 9.59 Å². The third-order valence-corrected chi connectivity index (χ3v) is 6.89. The Labute approximate surface area is 204 Å². The molecule has 0 fully saturated rings. The van der Waals surface area contributed by atoms with E-state index in [1.54, 1.807) is 24.3 Å². The molecule has 0 saturated carbocycles. The molecular formula is C22H23ClN4O4S2. The van der Waals surface area contributed by atoms with Crippen molar-refractivity contribution in [2.75, 3.05) is 18.2 Å². The fourth-order valence-corrected chi connectivity index (χ4v) is 4.77. The number of aromatic nitrogens is 3. The minimum Gasteiger partial charge on any atom is -0.484 e. The number of aryl methyl sites for hydroxylation is 1. The smallest absolute Gasteiger partial charge is 0.340 e. The normalized spacial score (nSPS) is 10.6. The van der Waals surface area contributed by atoms with Crippen LogP contribution in [0, 0.1) is 0 Å². The molecule has 3 rings (SSSR count). The zero-order valence-corrected chi connectivity index (χ0v) is 20.6. The Morgan fingerprint density at radius 1 is 1.33 bits per heavy atom. The minimum absolute atomic E-state index is 0.0839. The first-order valence-corrected chi connectivity index (χ1v) is 12.2. The Balaban J connectivity index is 1.66. The summed E-state index contributed by atoms with van der Waals surface area (Å²) in [4.78, 5) is 25.6. The molecule has 0 aliphatic rings. The minimum atomic E-state index is -0.484. The lowest BCUT2D eigenvalue weighted by Crippen LogP contribution is -2.16. The van der Waals surface area contributed by atoms with Crippen LogP contribution in [-0.2, 0) is 29.1 Å². The summed E-state index contributed by atoms with van der Waals surface area (Å²) >= 11 is 8.73. The van der Waals surface area contributed by atoms with Gasteiger partial charge < -0.3 is 14.8 Å². The van der Waals surface area contributed by atoms with E-state index in [0.717, 1.165) is 11.3 Å². The number of hydrogen-bond donors (Lipinski definition) is 1. The lowest BCUT2D eigenvalue weighted by Gasteiger charge is -2.10. The summed E-state index contributed by atoms with van der Waals surface area (Å²) in [7, 11) is 1.31. The number of carbonyl (C=O) groups excluding carboxylic acids is 2. The van der Waals surface area contributed by atoms with E-state index in [0.29, 0.717) is 38.9 Å². The predicted molar refractivity (Wildman–Crippen MR) is 130 cm³/mol. The van der Waals surface area contributed by atoms with E-state index in [1.165, 1.54) is 30.2 Å². The number of thiophene rings is 1. The van der Waals surface area contributed by atoms with Gasteiger partial charge in [-0.05, 0) is 24.6 Å². The van der Waals surface area contributed by atoms with Crippen molar-refractivity contribution in [3.8, 4) is 5.75 Å². The third kappa shape index (κ3) is 6.37. The van der Waals surface area contributed by atoms with Gasteiger partial charge in [0.2, 0.25) is 5.91 Å². The van der Waals surface area contributed by atoms with Gasteiger partial charge in [-0.3, -0.25) is 9.36 Å². The van der Waals surface area contributed by atoms with Gasteiger partial charge in [-0.1, -0.05) is 48.5 Å². The molecule has 0 atom stereocenters. The van der Waals surface area contributed by atoms with Crippen molar-refractivity contribution in [1.82, 2.24) is 14.8 Å². The number of para-hydroxylation sites is 1. The molecule has 0 saturated heterocycles. The van der Waals surface area contributed by atoms with Gasteiger partial charge in [0.05, 0.1) is 23.4 Å². The quantitative estimate of drug-likeness (QED) is 0.226. The molecule has 0 aliphatic carbocycles. The van der Waals surface area contributed by atoms with Gasteiger partial charge in [0.1, 0.15) is 17.4 Å². The number of halogens is 1. The number of methoxy groups -OCH3 is 1. The van der Waals surface area contributed by atoms with Gasteiger partial charge in [-0.2, -0.15) is 0 Å². The fraction of sp³-hybridized carbons (Fsp3) is 0.273. The molecule has 8 nitrogen and oxygen atoms in total. The monoisotopic (exact) mass is 506 g/mol. The van der Waals surface area contributed by atoms with Gasteiger partial charge in [-0.15, -0.1) is 28.1 Å². The number of anilines is 1. The van der Waals surface area contributed by atoms with Gasteiger partial charge in [0.25, 0.3) is 0 Å². The molecule has 3 aromatic rings. The molecule has 0 bridgehead atoms. The van der Waals surface area contributed by atoms with Crippen LogP contribution in [0.4, 0.5) is 5.00 Å². The van der Waals surface area contributed by atoms with E-state index in [2.05, 4.69) is 22.1 Å². The van der Waals surface area contributed by atoms with Crippen molar-refractivity contribution in [1.29, 1.82) is 0 Å². The zero-order valence-electron chi connectivity index (χ0n) is 18.2. The summed E-state index contributed by atoms with van der Waals surface area (Å²) in [6, 6.07) is 8.91. The van der Waals surface area contributed by atoms with Crippen LogP contribution in [0.15, 0.2) is 48.1 Å². The summed E-state index contributed by atoms with van der Waals surface area (Å²) in [5, 5.41) is 12.7. The van der Waals surface area contributed by atoms with E-state index in [-0.39, 0.29) is 18.3 Å². The number of esters is 1. The molecule has 1 aromatic carbocycles. The highest BCUT2D eigenvalue weighted by atomic mass is 35.5. The number of nitrogens with one attached hydrogen (secondary N) is 1. The number of amides is 1. The zero-order chi connectivity index (χ0) is 23.8. The number of rotatable bonds is 11. The molecule has 1 amide bonds. The molecule has 0 radical (unpaired) electrons. The van der Waals surface area contributed by atoms with Crippen LogP contribution in [0.1, 0.15) is 28.0 Å². The molecule has 11 heteroatoms. The highest BCUT2D eigenvalue weighted by Crippen LogP contribution is 2.30. The molecular weight excluding hydrogens is 484 g/mol. The Bertz CT molecular complexity index is 1150. The van der Waals surface area contributed by atoms with Crippen LogP contribution in [-0.4, -0.2) is 39.5 Å². The first-order valence-electron chi connectivity index (χ1n) is 10.0. The van der Waals surface area contributed by atoms with Gasteiger partial charge in [0, 0.05) is 11.4 Å². The molecule has 33 heavy (non-hydrogen) atoms. The fourth-order valence-electron chi connectivity index (χ4n) is 2.81. The lowest BCUT2D eigenvalue weighted by atomic mass is 10.2. The average molecular weight is 507 g/mol. The molecule has 1 N–H and O–H groups in total. The summed E-state index contributed by atoms with van der Waals surface area (Å²) in [5.74, 6) is 0.460. The number of ether oxygens (including phenoxy) is 2. The van der Waals surface area contributed by atoms with E-state index in [1.807, 2.05) is 23.6 Å². The van der Waals surface area contributed by atoms with Crippen molar-refractivity contribution in [3.05, 3.63) is 64.3 Å². The molecule has 0 unspecified atom stereocenters. The molecule has 174 valence electrons. The Morgan fingerprint density at radius 2 is 2.12 bits per heavy atom. The van der Waals surface area contributed by atoms with Crippen LogP contribution in [0.3, 0.4) is 0 Å².